The fraction of sp³-hybridized carbons (Fsp3) is 0.600. The molecule has 20 heavy (non-hydrogen) atoms. The Bertz CT molecular complexity index is 451. The van der Waals surface area contributed by atoms with E-state index in [1.165, 1.54) is 0 Å². The summed E-state index contributed by atoms with van der Waals surface area (Å²) in [5.41, 5.74) is 7.30. The number of hydrogen-bond acceptors (Lipinski definition) is 4. The molecule has 2 heterocycles. The first-order valence-corrected chi connectivity index (χ1v) is 7.32. The first-order valence-electron chi connectivity index (χ1n) is 7.32. The molecule has 0 aliphatic carbocycles. The Morgan fingerprint density at radius 3 is 2.65 bits per heavy atom. The number of pyridine rings is 1. The summed E-state index contributed by atoms with van der Waals surface area (Å²) in [6, 6.07) is 4.11. The summed E-state index contributed by atoms with van der Waals surface area (Å²) in [6.45, 7) is 8.07. The molecule has 2 N–H and O–H groups in total. The van der Waals surface area contributed by atoms with Gasteiger partial charge in [0.2, 0.25) is 0 Å². The van der Waals surface area contributed by atoms with E-state index < -0.39 is 0 Å². The largest absolute Gasteiger partial charge is 0.336 e. The van der Waals surface area contributed by atoms with Gasteiger partial charge in [-0.25, -0.2) is 0 Å². The predicted octanol–water partition coefficient (Wildman–Crippen LogP) is 0.885. The number of carbonyl (C=O) groups is 1. The van der Waals surface area contributed by atoms with Crippen LogP contribution in [0.3, 0.4) is 0 Å². The van der Waals surface area contributed by atoms with Gasteiger partial charge in [0.05, 0.1) is 5.56 Å². The standard InChI is InChI=1S/C15H24N4O/c1-3-13(11-16)18-7-9-19(10-8-18)15(20)14-5-4-6-17-12(14)2/h4-6,13H,3,7-11,16H2,1-2H3. The zero-order valence-corrected chi connectivity index (χ0v) is 12.4. The topological polar surface area (TPSA) is 62.5 Å². The van der Waals surface area contributed by atoms with Crippen LogP contribution in [-0.4, -0.2) is 59.5 Å². The molecule has 0 spiro atoms. The Morgan fingerprint density at radius 2 is 2.10 bits per heavy atom. The molecule has 0 saturated carbocycles. The number of rotatable bonds is 4. The lowest BCUT2D eigenvalue weighted by atomic mass is 10.1. The third kappa shape index (κ3) is 3.16. The van der Waals surface area contributed by atoms with E-state index in [2.05, 4.69) is 16.8 Å². The molecule has 1 aliphatic heterocycles. The Labute approximate surface area is 120 Å². The summed E-state index contributed by atoms with van der Waals surface area (Å²) in [4.78, 5) is 21.0. The van der Waals surface area contributed by atoms with Crippen LogP contribution in [-0.2, 0) is 0 Å². The third-order valence-corrected chi connectivity index (χ3v) is 4.10. The summed E-state index contributed by atoms with van der Waals surface area (Å²) >= 11 is 0. The fourth-order valence-corrected chi connectivity index (χ4v) is 2.74. The van der Waals surface area contributed by atoms with Crippen LogP contribution < -0.4 is 5.73 Å². The Balaban J connectivity index is 1.97. The molecule has 0 radical (unpaired) electrons. The minimum Gasteiger partial charge on any atom is -0.336 e. The summed E-state index contributed by atoms with van der Waals surface area (Å²) in [5.74, 6) is 0.0936. The molecular weight excluding hydrogens is 252 g/mol. The van der Waals surface area contributed by atoms with Gasteiger partial charge in [-0.3, -0.25) is 14.7 Å². The molecule has 1 saturated heterocycles. The van der Waals surface area contributed by atoms with E-state index in [9.17, 15) is 4.79 Å². The van der Waals surface area contributed by atoms with Crippen molar-refractivity contribution in [1.29, 1.82) is 0 Å². The predicted molar refractivity (Wildman–Crippen MR) is 79.6 cm³/mol. The molecule has 1 unspecified atom stereocenters. The fourth-order valence-electron chi connectivity index (χ4n) is 2.74. The average Bonchev–Trinajstić information content (AvgIpc) is 2.49. The molecule has 1 aromatic rings. The number of carbonyl (C=O) groups excluding carboxylic acids is 1. The molecule has 1 aliphatic rings. The minimum absolute atomic E-state index is 0.0936. The first kappa shape index (κ1) is 14.9. The van der Waals surface area contributed by atoms with Crippen molar-refractivity contribution in [3.05, 3.63) is 29.6 Å². The van der Waals surface area contributed by atoms with Crippen LogP contribution in [0.1, 0.15) is 29.4 Å². The van der Waals surface area contributed by atoms with Crippen LogP contribution in [0.4, 0.5) is 0 Å². The van der Waals surface area contributed by atoms with Crippen molar-refractivity contribution < 1.29 is 4.79 Å². The van der Waals surface area contributed by atoms with Gasteiger partial charge in [0.1, 0.15) is 0 Å². The van der Waals surface area contributed by atoms with Crippen molar-refractivity contribution in [1.82, 2.24) is 14.8 Å². The van der Waals surface area contributed by atoms with Crippen molar-refractivity contribution in [2.24, 2.45) is 5.73 Å². The van der Waals surface area contributed by atoms with E-state index in [1.807, 2.05) is 24.0 Å². The lowest BCUT2D eigenvalue weighted by Crippen LogP contribution is -2.53. The molecule has 5 nitrogen and oxygen atoms in total. The van der Waals surface area contributed by atoms with Gasteiger partial charge in [0, 0.05) is 50.7 Å². The van der Waals surface area contributed by atoms with Gasteiger partial charge >= 0.3 is 0 Å². The molecular formula is C15H24N4O. The monoisotopic (exact) mass is 276 g/mol. The van der Waals surface area contributed by atoms with Crippen LogP contribution in [0.5, 0.6) is 0 Å². The zero-order valence-electron chi connectivity index (χ0n) is 12.4. The number of aryl methyl sites for hydroxylation is 1. The second kappa shape index (κ2) is 6.81. The highest BCUT2D eigenvalue weighted by molar-refractivity contribution is 5.95. The van der Waals surface area contributed by atoms with Crippen molar-refractivity contribution in [2.45, 2.75) is 26.3 Å². The minimum atomic E-state index is 0.0936. The highest BCUT2D eigenvalue weighted by Gasteiger charge is 2.25. The van der Waals surface area contributed by atoms with Crippen molar-refractivity contribution in [3.63, 3.8) is 0 Å². The maximum Gasteiger partial charge on any atom is 0.255 e. The summed E-state index contributed by atoms with van der Waals surface area (Å²) in [7, 11) is 0. The molecule has 0 bridgehead atoms. The zero-order chi connectivity index (χ0) is 14.5. The van der Waals surface area contributed by atoms with E-state index in [0.29, 0.717) is 18.2 Å². The summed E-state index contributed by atoms with van der Waals surface area (Å²) < 4.78 is 0. The van der Waals surface area contributed by atoms with Crippen LogP contribution in [0.25, 0.3) is 0 Å². The van der Waals surface area contributed by atoms with Crippen LogP contribution in [0.15, 0.2) is 18.3 Å². The maximum atomic E-state index is 12.5. The number of hydrogen-bond donors (Lipinski definition) is 1. The van der Waals surface area contributed by atoms with Gasteiger partial charge in [-0.15, -0.1) is 0 Å². The summed E-state index contributed by atoms with van der Waals surface area (Å²) in [5, 5.41) is 0. The second-order valence-corrected chi connectivity index (χ2v) is 5.26. The van der Waals surface area contributed by atoms with Gasteiger partial charge < -0.3 is 10.6 Å². The van der Waals surface area contributed by atoms with Gasteiger partial charge in [0.15, 0.2) is 0 Å². The number of nitrogens with two attached hydrogens (primary N) is 1. The van der Waals surface area contributed by atoms with Crippen molar-refractivity contribution in [2.75, 3.05) is 32.7 Å². The van der Waals surface area contributed by atoms with Gasteiger partial charge in [0.25, 0.3) is 5.91 Å². The molecule has 1 fully saturated rings. The van der Waals surface area contributed by atoms with E-state index >= 15 is 0 Å². The van der Waals surface area contributed by atoms with Gasteiger partial charge in [-0.2, -0.15) is 0 Å². The molecule has 1 atom stereocenters. The molecule has 110 valence electrons. The van der Waals surface area contributed by atoms with Crippen LogP contribution in [0, 0.1) is 6.92 Å². The molecule has 5 heteroatoms. The van der Waals surface area contributed by atoms with Gasteiger partial charge in [-0.05, 0) is 25.5 Å². The first-order chi connectivity index (χ1) is 9.67. The SMILES string of the molecule is CCC(CN)N1CCN(C(=O)c2cccnc2C)CC1. The highest BCUT2D eigenvalue weighted by Crippen LogP contribution is 2.13. The van der Waals surface area contributed by atoms with E-state index in [-0.39, 0.29) is 5.91 Å². The number of amides is 1. The number of nitrogens with zero attached hydrogens (tertiary/aromatic N) is 3. The Morgan fingerprint density at radius 1 is 1.40 bits per heavy atom. The highest BCUT2D eigenvalue weighted by atomic mass is 16.2. The molecule has 1 aromatic heterocycles. The lowest BCUT2D eigenvalue weighted by molar-refractivity contribution is 0.0570. The quantitative estimate of drug-likeness (QED) is 0.887. The van der Waals surface area contributed by atoms with E-state index in [4.69, 9.17) is 5.73 Å². The smallest absolute Gasteiger partial charge is 0.255 e. The van der Waals surface area contributed by atoms with Crippen LogP contribution >= 0.6 is 0 Å². The van der Waals surface area contributed by atoms with E-state index in [0.717, 1.165) is 38.3 Å². The van der Waals surface area contributed by atoms with Crippen LogP contribution in [0.2, 0.25) is 0 Å². The normalized spacial score (nSPS) is 18.1. The Kier molecular flexibility index (Phi) is 5.09. The third-order valence-electron chi connectivity index (χ3n) is 4.10. The molecule has 1 amide bonds. The van der Waals surface area contributed by atoms with Gasteiger partial charge in [-0.1, -0.05) is 6.92 Å². The lowest BCUT2D eigenvalue weighted by Gasteiger charge is -2.38. The van der Waals surface area contributed by atoms with Crippen molar-refractivity contribution in [3.8, 4) is 0 Å². The van der Waals surface area contributed by atoms with Crippen molar-refractivity contribution >= 4 is 5.91 Å². The number of aromatic nitrogens is 1. The average molecular weight is 276 g/mol. The molecule has 0 aromatic carbocycles. The summed E-state index contributed by atoms with van der Waals surface area (Å²) in [6.07, 6.45) is 2.78. The number of piperazine rings is 1. The molecule has 2 rings (SSSR count). The Hall–Kier alpha value is -1.46. The maximum absolute atomic E-state index is 12.5. The second-order valence-electron chi connectivity index (χ2n) is 5.26. The van der Waals surface area contributed by atoms with E-state index in [1.54, 1.807) is 6.20 Å².